The van der Waals surface area contributed by atoms with Crippen molar-refractivity contribution in [3.05, 3.63) is 46.1 Å². The van der Waals surface area contributed by atoms with Crippen LogP contribution < -0.4 is 0 Å². The first-order valence-corrected chi connectivity index (χ1v) is 9.24. The highest BCUT2D eigenvalue weighted by molar-refractivity contribution is 7.18. The average molecular weight is 378 g/mol. The quantitative estimate of drug-likeness (QED) is 0.739. The standard InChI is InChI=1S/C17H16ClN3O3S/c18-11-1-2-14-12(7-11)20-16(25-14)10-3-5-21(6-4-10)8-15-19-13(9-24-15)17(22)23/h1-2,7,9-10H,3-6,8H2,(H,22,23). The Bertz CT molecular complexity index is 915. The number of nitrogens with zero attached hydrogens (tertiary/aromatic N) is 3. The van der Waals surface area contributed by atoms with Gasteiger partial charge in [-0.3, -0.25) is 4.90 Å². The topological polar surface area (TPSA) is 79.5 Å². The molecule has 6 nitrogen and oxygen atoms in total. The third-order valence-corrected chi connectivity index (χ3v) is 5.87. The number of thiazole rings is 1. The van der Waals surface area contributed by atoms with Crippen LogP contribution in [0.3, 0.4) is 0 Å². The Labute approximate surface area is 153 Å². The highest BCUT2D eigenvalue weighted by Gasteiger charge is 2.24. The molecule has 0 radical (unpaired) electrons. The molecule has 2 aromatic heterocycles. The van der Waals surface area contributed by atoms with Crippen molar-refractivity contribution < 1.29 is 14.3 Å². The minimum atomic E-state index is -1.07. The number of carbonyl (C=O) groups is 1. The SMILES string of the molecule is O=C(O)c1coc(CN2CCC(c3nc4cc(Cl)ccc4s3)CC2)n1. The maximum absolute atomic E-state index is 10.9. The van der Waals surface area contributed by atoms with Gasteiger partial charge in [-0.2, -0.15) is 0 Å². The lowest BCUT2D eigenvalue weighted by Crippen LogP contribution is -2.32. The number of fused-ring (bicyclic) bond motifs is 1. The summed E-state index contributed by atoms with van der Waals surface area (Å²) in [6, 6.07) is 5.83. The van der Waals surface area contributed by atoms with Crippen LogP contribution in [0.1, 0.15) is 40.1 Å². The molecule has 130 valence electrons. The van der Waals surface area contributed by atoms with Crippen LogP contribution in [0.4, 0.5) is 0 Å². The summed E-state index contributed by atoms with van der Waals surface area (Å²) in [6.45, 7) is 2.35. The second-order valence-electron chi connectivity index (χ2n) is 6.15. The van der Waals surface area contributed by atoms with Crippen molar-refractivity contribution in [2.24, 2.45) is 0 Å². The summed E-state index contributed by atoms with van der Waals surface area (Å²) in [5.74, 6) is -0.165. The van der Waals surface area contributed by atoms with Gasteiger partial charge in [-0.05, 0) is 44.1 Å². The molecule has 1 aliphatic rings. The lowest BCUT2D eigenvalue weighted by atomic mass is 9.97. The third kappa shape index (κ3) is 3.53. The number of halogens is 1. The molecule has 0 unspecified atom stereocenters. The van der Waals surface area contributed by atoms with Gasteiger partial charge in [-0.15, -0.1) is 11.3 Å². The Morgan fingerprint density at radius 3 is 2.88 bits per heavy atom. The minimum Gasteiger partial charge on any atom is -0.476 e. The van der Waals surface area contributed by atoms with Crippen LogP contribution in [-0.4, -0.2) is 39.0 Å². The van der Waals surface area contributed by atoms with Crippen LogP contribution in [0, 0.1) is 0 Å². The summed E-state index contributed by atoms with van der Waals surface area (Å²) in [6.07, 6.45) is 3.22. The Hall–Kier alpha value is -1.96. The third-order valence-electron chi connectivity index (χ3n) is 4.43. The maximum Gasteiger partial charge on any atom is 0.357 e. The molecular formula is C17H16ClN3O3S. The van der Waals surface area contributed by atoms with Gasteiger partial charge in [-0.1, -0.05) is 11.6 Å². The lowest BCUT2D eigenvalue weighted by molar-refractivity contribution is 0.0690. The lowest BCUT2D eigenvalue weighted by Gasteiger charge is -2.29. The zero-order valence-corrected chi connectivity index (χ0v) is 14.9. The second-order valence-corrected chi connectivity index (χ2v) is 7.64. The van der Waals surface area contributed by atoms with Crippen molar-refractivity contribution in [3.63, 3.8) is 0 Å². The normalized spacial score (nSPS) is 16.5. The van der Waals surface area contributed by atoms with E-state index in [1.54, 1.807) is 11.3 Å². The summed E-state index contributed by atoms with van der Waals surface area (Å²) in [5.41, 5.74) is 0.925. The monoisotopic (exact) mass is 377 g/mol. The minimum absolute atomic E-state index is 0.0435. The molecule has 1 saturated heterocycles. The fraction of sp³-hybridized carbons (Fsp3) is 0.353. The number of hydrogen-bond acceptors (Lipinski definition) is 6. The summed E-state index contributed by atoms with van der Waals surface area (Å²) in [5, 5.41) is 10.8. The Balaban J connectivity index is 1.39. The summed E-state index contributed by atoms with van der Waals surface area (Å²) < 4.78 is 6.40. The molecule has 1 N–H and O–H groups in total. The molecule has 8 heteroatoms. The average Bonchev–Trinajstić information content (AvgIpc) is 3.22. The molecule has 0 amide bonds. The Morgan fingerprint density at radius 1 is 1.36 bits per heavy atom. The number of oxazole rings is 1. The smallest absolute Gasteiger partial charge is 0.357 e. The molecule has 1 aromatic carbocycles. The summed E-state index contributed by atoms with van der Waals surface area (Å²) in [4.78, 5) is 21.8. The number of carboxylic acids is 1. The fourth-order valence-electron chi connectivity index (χ4n) is 3.10. The van der Waals surface area contributed by atoms with E-state index in [9.17, 15) is 4.79 Å². The Morgan fingerprint density at radius 2 is 2.16 bits per heavy atom. The van der Waals surface area contributed by atoms with E-state index in [0.29, 0.717) is 23.4 Å². The van der Waals surface area contributed by atoms with Crippen LogP contribution in [0.25, 0.3) is 10.2 Å². The number of hydrogen-bond donors (Lipinski definition) is 1. The van der Waals surface area contributed by atoms with E-state index in [0.717, 1.165) is 31.4 Å². The van der Waals surface area contributed by atoms with Crippen LogP contribution in [0.2, 0.25) is 5.02 Å². The molecule has 3 heterocycles. The number of aromatic carboxylic acids is 1. The van der Waals surface area contributed by atoms with Gasteiger partial charge in [0.05, 0.1) is 21.8 Å². The van der Waals surface area contributed by atoms with E-state index in [1.165, 1.54) is 16.0 Å². The van der Waals surface area contributed by atoms with Gasteiger partial charge in [0.2, 0.25) is 5.89 Å². The second kappa shape index (κ2) is 6.74. The van der Waals surface area contributed by atoms with E-state index in [1.807, 2.05) is 18.2 Å². The predicted octanol–water partition coefficient (Wildman–Crippen LogP) is 4.02. The predicted molar refractivity (Wildman–Crippen MR) is 95.3 cm³/mol. The maximum atomic E-state index is 10.9. The van der Waals surface area contributed by atoms with Crippen molar-refractivity contribution >= 4 is 39.1 Å². The molecule has 0 bridgehead atoms. The van der Waals surface area contributed by atoms with Gasteiger partial charge >= 0.3 is 5.97 Å². The molecular weight excluding hydrogens is 362 g/mol. The number of carboxylic acid groups (broad SMARTS) is 1. The molecule has 0 saturated carbocycles. The van der Waals surface area contributed by atoms with Gasteiger partial charge in [0.1, 0.15) is 6.26 Å². The molecule has 1 fully saturated rings. The van der Waals surface area contributed by atoms with Crippen molar-refractivity contribution in [3.8, 4) is 0 Å². The first-order chi connectivity index (χ1) is 12.1. The van der Waals surface area contributed by atoms with Crippen molar-refractivity contribution in [1.29, 1.82) is 0 Å². The number of likely N-dealkylation sites (tertiary alicyclic amines) is 1. The van der Waals surface area contributed by atoms with Crippen LogP contribution in [0.5, 0.6) is 0 Å². The zero-order chi connectivity index (χ0) is 17.4. The molecule has 0 atom stereocenters. The van der Waals surface area contributed by atoms with Crippen LogP contribution in [-0.2, 0) is 6.54 Å². The number of rotatable bonds is 4. The molecule has 4 rings (SSSR count). The van der Waals surface area contributed by atoms with E-state index in [-0.39, 0.29) is 5.69 Å². The molecule has 3 aromatic rings. The van der Waals surface area contributed by atoms with E-state index < -0.39 is 5.97 Å². The van der Waals surface area contributed by atoms with Gasteiger partial charge in [0.15, 0.2) is 5.69 Å². The first kappa shape index (κ1) is 16.5. The van der Waals surface area contributed by atoms with Crippen LogP contribution in [0.15, 0.2) is 28.9 Å². The molecule has 0 spiro atoms. The largest absolute Gasteiger partial charge is 0.476 e. The Kier molecular flexibility index (Phi) is 4.45. The van der Waals surface area contributed by atoms with Crippen molar-refractivity contribution in [2.75, 3.05) is 13.1 Å². The van der Waals surface area contributed by atoms with Crippen molar-refractivity contribution in [2.45, 2.75) is 25.3 Å². The number of piperidine rings is 1. The van der Waals surface area contributed by atoms with E-state index in [4.69, 9.17) is 26.1 Å². The van der Waals surface area contributed by atoms with E-state index in [2.05, 4.69) is 9.88 Å². The summed E-state index contributed by atoms with van der Waals surface area (Å²) >= 11 is 7.78. The van der Waals surface area contributed by atoms with Crippen LogP contribution >= 0.6 is 22.9 Å². The highest BCUT2D eigenvalue weighted by atomic mass is 35.5. The van der Waals surface area contributed by atoms with Gasteiger partial charge in [-0.25, -0.2) is 14.8 Å². The number of benzene rings is 1. The first-order valence-electron chi connectivity index (χ1n) is 8.04. The van der Waals surface area contributed by atoms with Crippen molar-refractivity contribution in [1.82, 2.24) is 14.9 Å². The number of aromatic nitrogens is 2. The molecule has 25 heavy (non-hydrogen) atoms. The highest BCUT2D eigenvalue weighted by Crippen LogP contribution is 2.34. The zero-order valence-electron chi connectivity index (χ0n) is 13.3. The van der Waals surface area contributed by atoms with Gasteiger partial charge < -0.3 is 9.52 Å². The molecule has 0 aliphatic carbocycles. The summed E-state index contributed by atoms with van der Waals surface area (Å²) in [7, 11) is 0. The van der Waals surface area contributed by atoms with Gasteiger partial charge in [0.25, 0.3) is 0 Å². The van der Waals surface area contributed by atoms with E-state index >= 15 is 0 Å². The molecule has 1 aliphatic heterocycles. The fourth-order valence-corrected chi connectivity index (χ4v) is 4.39. The van der Waals surface area contributed by atoms with Gasteiger partial charge in [0, 0.05) is 10.9 Å².